The lowest BCUT2D eigenvalue weighted by Gasteiger charge is -2.13. The van der Waals surface area contributed by atoms with Gasteiger partial charge < -0.3 is 9.47 Å². The molecule has 0 unspecified atom stereocenters. The zero-order valence-electron chi connectivity index (χ0n) is 10.3. The molecule has 0 radical (unpaired) electrons. The molecule has 3 nitrogen and oxygen atoms in total. The van der Waals surface area contributed by atoms with Crippen molar-refractivity contribution in [2.45, 2.75) is 26.1 Å². The molecule has 112 valence electrons. The summed E-state index contributed by atoms with van der Waals surface area (Å²) >= 11 is 0. The van der Waals surface area contributed by atoms with Crippen LogP contribution in [-0.2, 0) is 16.0 Å². The third-order valence-electron chi connectivity index (χ3n) is 2.22. The lowest BCUT2D eigenvalue weighted by Crippen LogP contribution is -2.17. The average molecular weight is 298 g/mol. The van der Waals surface area contributed by atoms with Crippen molar-refractivity contribution < 1.29 is 36.2 Å². The molecule has 0 aliphatic rings. The SMILES string of the molecule is CCOC(=O)Cc1cc(OC(F)(F)F)ccc1C(F)F. The van der Waals surface area contributed by atoms with E-state index in [1.54, 1.807) is 0 Å². The minimum absolute atomic E-state index is 0.0432. The number of ether oxygens (including phenoxy) is 2. The second kappa shape index (κ2) is 6.53. The minimum Gasteiger partial charge on any atom is -0.466 e. The molecule has 0 saturated carbocycles. The van der Waals surface area contributed by atoms with Gasteiger partial charge in [-0.25, -0.2) is 8.78 Å². The van der Waals surface area contributed by atoms with Gasteiger partial charge in [-0.05, 0) is 30.7 Å². The summed E-state index contributed by atoms with van der Waals surface area (Å²) < 4.78 is 69.8. The number of hydrogen-bond acceptors (Lipinski definition) is 3. The monoisotopic (exact) mass is 298 g/mol. The lowest BCUT2D eigenvalue weighted by molar-refractivity contribution is -0.274. The lowest BCUT2D eigenvalue weighted by atomic mass is 10.0. The highest BCUT2D eigenvalue weighted by atomic mass is 19.4. The summed E-state index contributed by atoms with van der Waals surface area (Å²) in [7, 11) is 0. The van der Waals surface area contributed by atoms with Crippen LogP contribution in [0.4, 0.5) is 22.0 Å². The standard InChI is InChI=1S/C12H11F5O3/c1-2-19-10(18)6-7-5-8(20-12(15,16)17)3-4-9(7)11(13)14/h3-5,11H,2,6H2,1H3. The Morgan fingerprint density at radius 1 is 1.30 bits per heavy atom. The average Bonchev–Trinajstić information content (AvgIpc) is 2.26. The van der Waals surface area contributed by atoms with Crippen LogP contribution in [0.15, 0.2) is 18.2 Å². The largest absolute Gasteiger partial charge is 0.573 e. The number of halogens is 5. The summed E-state index contributed by atoms with van der Waals surface area (Å²) in [5, 5.41) is 0. The minimum atomic E-state index is -4.94. The van der Waals surface area contributed by atoms with E-state index in [4.69, 9.17) is 0 Å². The van der Waals surface area contributed by atoms with E-state index < -0.39 is 36.5 Å². The van der Waals surface area contributed by atoms with Crippen LogP contribution in [0.25, 0.3) is 0 Å². The molecule has 0 amide bonds. The topological polar surface area (TPSA) is 35.5 Å². The molecule has 0 bridgehead atoms. The van der Waals surface area contributed by atoms with Crippen molar-refractivity contribution in [3.05, 3.63) is 29.3 Å². The molecule has 1 rings (SSSR count). The molecular weight excluding hydrogens is 287 g/mol. The first-order valence-electron chi connectivity index (χ1n) is 5.55. The van der Waals surface area contributed by atoms with Gasteiger partial charge in [-0.15, -0.1) is 13.2 Å². The van der Waals surface area contributed by atoms with E-state index in [1.807, 2.05) is 0 Å². The molecule has 20 heavy (non-hydrogen) atoms. The van der Waals surface area contributed by atoms with Crippen LogP contribution >= 0.6 is 0 Å². The van der Waals surface area contributed by atoms with Gasteiger partial charge in [0.05, 0.1) is 13.0 Å². The van der Waals surface area contributed by atoms with E-state index in [0.29, 0.717) is 0 Å². The van der Waals surface area contributed by atoms with Gasteiger partial charge in [0.15, 0.2) is 0 Å². The van der Waals surface area contributed by atoms with E-state index in [1.165, 1.54) is 6.92 Å². The Morgan fingerprint density at radius 3 is 2.45 bits per heavy atom. The second-order valence-corrected chi connectivity index (χ2v) is 3.69. The van der Waals surface area contributed by atoms with Crippen molar-refractivity contribution in [2.75, 3.05) is 6.61 Å². The first-order valence-corrected chi connectivity index (χ1v) is 5.55. The van der Waals surface area contributed by atoms with Crippen molar-refractivity contribution in [3.8, 4) is 5.75 Å². The number of benzene rings is 1. The Labute approximate surface area is 111 Å². The Bertz CT molecular complexity index is 471. The maximum Gasteiger partial charge on any atom is 0.573 e. The molecule has 0 aromatic heterocycles. The predicted molar refractivity (Wildman–Crippen MR) is 58.4 cm³/mol. The van der Waals surface area contributed by atoms with Crippen molar-refractivity contribution in [1.29, 1.82) is 0 Å². The summed E-state index contributed by atoms with van der Waals surface area (Å²) in [6, 6.07) is 2.32. The molecule has 0 spiro atoms. The Hall–Kier alpha value is -1.86. The van der Waals surface area contributed by atoms with Gasteiger partial charge >= 0.3 is 12.3 Å². The van der Waals surface area contributed by atoms with E-state index >= 15 is 0 Å². The van der Waals surface area contributed by atoms with Gasteiger partial charge in [-0.1, -0.05) is 0 Å². The highest BCUT2D eigenvalue weighted by molar-refractivity contribution is 5.73. The van der Waals surface area contributed by atoms with Crippen LogP contribution in [0.3, 0.4) is 0 Å². The van der Waals surface area contributed by atoms with Crippen molar-refractivity contribution in [1.82, 2.24) is 0 Å². The zero-order chi connectivity index (χ0) is 15.3. The van der Waals surface area contributed by atoms with Crippen LogP contribution in [0, 0.1) is 0 Å². The smallest absolute Gasteiger partial charge is 0.466 e. The second-order valence-electron chi connectivity index (χ2n) is 3.69. The van der Waals surface area contributed by atoms with E-state index in [9.17, 15) is 26.7 Å². The summed E-state index contributed by atoms with van der Waals surface area (Å²) in [5.41, 5.74) is -0.798. The van der Waals surface area contributed by atoms with Gasteiger partial charge in [-0.2, -0.15) is 0 Å². The number of carbonyl (C=O) groups excluding carboxylic acids is 1. The highest BCUT2D eigenvalue weighted by Gasteiger charge is 2.31. The summed E-state index contributed by atoms with van der Waals surface area (Å²) in [6.45, 7) is 1.57. The molecule has 0 aliphatic heterocycles. The van der Waals surface area contributed by atoms with Crippen molar-refractivity contribution in [3.63, 3.8) is 0 Å². The molecule has 1 aromatic rings. The molecule has 1 aromatic carbocycles. The first kappa shape index (κ1) is 16.2. The van der Waals surface area contributed by atoms with Crippen molar-refractivity contribution in [2.24, 2.45) is 0 Å². The molecular formula is C12H11F5O3. The molecule has 8 heteroatoms. The first-order chi connectivity index (χ1) is 9.23. The summed E-state index contributed by atoms with van der Waals surface area (Å²) in [5.74, 6) is -1.47. The quantitative estimate of drug-likeness (QED) is 0.615. The highest BCUT2D eigenvalue weighted by Crippen LogP contribution is 2.30. The van der Waals surface area contributed by atoms with Gasteiger partial charge in [0.1, 0.15) is 5.75 Å². The fraction of sp³-hybridized carbons (Fsp3) is 0.417. The number of rotatable bonds is 5. The van der Waals surface area contributed by atoms with Gasteiger partial charge in [0.2, 0.25) is 0 Å². The van der Waals surface area contributed by atoms with Crippen LogP contribution in [0.1, 0.15) is 24.5 Å². The fourth-order valence-electron chi connectivity index (χ4n) is 1.51. The maximum absolute atomic E-state index is 12.7. The third-order valence-corrected chi connectivity index (χ3v) is 2.22. The molecule has 0 aliphatic carbocycles. The summed E-state index contributed by atoms with van der Waals surface area (Å²) in [6.07, 6.45) is -8.41. The van der Waals surface area contributed by atoms with Gasteiger partial charge in [0.25, 0.3) is 6.43 Å². The molecule has 0 N–H and O–H groups in total. The number of hydrogen-bond donors (Lipinski definition) is 0. The third kappa shape index (κ3) is 5.02. The Balaban J connectivity index is 3.02. The van der Waals surface area contributed by atoms with Gasteiger partial charge in [-0.3, -0.25) is 4.79 Å². The fourth-order valence-corrected chi connectivity index (χ4v) is 1.51. The van der Waals surface area contributed by atoms with Crippen LogP contribution < -0.4 is 4.74 Å². The number of esters is 1. The molecule has 0 atom stereocenters. The zero-order valence-corrected chi connectivity index (χ0v) is 10.3. The number of carbonyl (C=O) groups is 1. The van der Waals surface area contributed by atoms with E-state index in [0.717, 1.165) is 18.2 Å². The van der Waals surface area contributed by atoms with E-state index in [-0.39, 0.29) is 12.2 Å². The molecule has 0 saturated heterocycles. The predicted octanol–water partition coefficient (Wildman–Crippen LogP) is 3.63. The van der Waals surface area contributed by atoms with Crippen LogP contribution in [-0.4, -0.2) is 18.9 Å². The van der Waals surface area contributed by atoms with E-state index in [2.05, 4.69) is 9.47 Å². The molecule has 0 fully saturated rings. The normalized spacial score (nSPS) is 11.6. The van der Waals surface area contributed by atoms with Crippen LogP contribution in [0.5, 0.6) is 5.75 Å². The Morgan fingerprint density at radius 2 is 1.95 bits per heavy atom. The molecule has 0 heterocycles. The van der Waals surface area contributed by atoms with Gasteiger partial charge in [0, 0.05) is 5.56 Å². The number of alkyl halides is 5. The maximum atomic E-state index is 12.7. The van der Waals surface area contributed by atoms with Crippen molar-refractivity contribution >= 4 is 5.97 Å². The van der Waals surface area contributed by atoms with Crippen LogP contribution in [0.2, 0.25) is 0 Å². The Kier molecular flexibility index (Phi) is 5.29. The summed E-state index contributed by atoms with van der Waals surface area (Å²) in [4.78, 5) is 11.3.